The zero-order valence-electron chi connectivity index (χ0n) is 18.6. The third-order valence-electron chi connectivity index (χ3n) is 5.64. The lowest BCUT2D eigenvalue weighted by Crippen LogP contribution is -2.48. The maximum atomic E-state index is 15.0. The SMILES string of the molecule is COC(=S)NC[C@H]1CN(c2ccc(N3CCN(C(=O)/C=C/c4cccs4)CC3)c(F)c2)C(=O)O1. The predicted octanol–water partition coefficient (Wildman–Crippen LogP) is 3.10. The summed E-state index contributed by atoms with van der Waals surface area (Å²) in [5.74, 6) is -0.475. The van der Waals surface area contributed by atoms with Gasteiger partial charge < -0.3 is 24.6 Å². The summed E-state index contributed by atoms with van der Waals surface area (Å²) in [5.41, 5.74) is 0.872. The van der Waals surface area contributed by atoms with Crippen molar-refractivity contribution < 1.29 is 23.5 Å². The molecule has 2 amide bonds. The minimum Gasteiger partial charge on any atom is -0.474 e. The van der Waals surface area contributed by atoms with Gasteiger partial charge in [0.2, 0.25) is 5.91 Å². The second kappa shape index (κ2) is 10.8. The number of hydrogen-bond acceptors (Lipinski definition) is 7. The molecule has 11 heteroatoms. The maximum absolute atomic E-state index is 15.0. The maximum Gasteiger partial charge on any atom is 0.414 e. The Labute approximate surface area is 206 Å². The standard InChI is InChI=1S/C23H25FN4O4S2/c1-31-22(33)25-14-17-15-28(23(30)32-17)16-4-6-20(19(24)13-16)26-8-10-27(11-9-26)21(29)7-5-18-3-2-12-34-18/h2-7,12-13,17H,8-11,14-15H2,1H3,(H,25,33)/b7-5+/t17-/m0/s1. The van der Waals surface area contributed by atoms with E-state index in [1.54, 1.807) is 34.4 Å². The van der Waals surface area contributed by atoms with E-state index >= 15 is 0 Å². The number of piperazine rings is 1. The molecular formula is C23H25FN4O4S2. The molecule has 2 fully saturated rings. The van der Waals surface area contributed by atoms with Crippen molar-refractivity contribution in [1.82, 2.24) is 10.2 Å². The molecular weight excluding hydrogens is 479 g/mol. The summed E-state index contributed by atoms with van der Waals surface area (Å²) in [7, 11) is 1.45. The molecule has 0 radical (unpaired) electrons. The fraction of sp³-hybridized carbons (Fsp3) is 0.348. The monoisotopic (exact) mass is 504 g/mol. The highest BCUT2D eigenvalue weighted by molar-refractivity contribution is 7.80. The minimum absolute atomic E-state index is 0.0493. The van der Waals surface area contributed by atoms with Crippen LogP contribution in [-0.4, -0.2) is 74.6 Å². The van der Waals surface area contributed by atoms with E-state index in [4.69, 9.17) is 21.7 Å². The van der Waals surface area contributed by atoms with E-state index in [0.29, 0.717) is 44.1 Å². The van der Waals surface area contributed by atoms with E-state index in [2.05, 4.69) is 5.32 Å². The third-order valence-corrected chi connectivity index (χ3v) is 6.79. The van der Waals surface area contributed by atoms with Crippen LogP contribution in [0.4, 0.5) is 20.6 Å². The number of ether oxygens (including phenoxy) is 2. The van der Waals surface area contributed by atoms with Crippen molar-refractivity contribution in [1.29, 1.82) is 0 Å². The van der Waals surface area contributed by atoms with Crippen molar-refractivity contribution in [3.8, 4) is 0 Å². The van der Waals surface area contributed by atoms with Crippen LogP contribution in [0.5, 0.6) is 0 Å². The van der Waals surface area contributed by atoms with E-state index in [1.807, 2.05) is 28.5 Å². The first-order valence-electron chi connectivity index (χ1n) is 10.8. The Balaban J connectivity index is 1.32. The number of carbonyl (C=O) groups is 2. The van der Waals surface area contributed by atoms with Crippen molar-refractivity contribution in [2.45, 2.75) is 6.10 Å². The van der Waals surface area contributed by atoms with Crippen LogP contribution in [0.15, 0.2) is 41.8 Å². The number of nitrogens with zero attached hydrogens (tertiary/aromatic N) is 3. The number of benzene rings is 1. The molecule has 2 saturated heterocycles. The molecule has 2 aliphatic heterocycles. The van der Waals surface area contributed by atoms with E-state index in [9.17, 15) is 14.0 Å². The number of halogens is 1. The number of hydrogen-bond donors (Lipinski definition) is 1. The van der Waals surface area contributed by atoms with Gasteiger partial charge in [-0.2, -0.15) is 0 Å². The van der Waals surface area contributed by atoms with Gasteiger partial charge in [-0.05, 0) is 47.9 Å². The van der Waals surface area contributed by atoms with Gasteiger partial charge in [-0.15, -0.1) is 11.3 Å². The molecule has 180 valence electrons. The van der Waals surface area contributed by atoms with Crippen LogP contribution in [0.2, 0.25) is 0 Å². The first-order valence-corrected chi connectivity index (χ1v) is 12.1. The van der Waals surface area contributed by atoms with Crippen LogP contribution in [0.25, 0.3) is 6.08 Å². The molecule has 0 aliphatic carbocycles. The average molecular weight is 505 g/mol. The van der Waals surface area contributed by atoms with E-state index < -0.39 is 18.0 Å². The summed E-state index contributed by atoms with van der Waals surface area (Å²) in [4.78, 5) is 30.8. The predicted molar refractivity (Wildman–Crippen MR) is 134 cm³/mol. The van der Waals surface area contributed by atoms with Gasteiger partial charge in [-0.3, -0.25) is 9.69 Å². The first kappa shape index (κ1) is 24.0. The van der Waals surface area contributed by atoms with Gasteiger partial charge in [0.25, 0.3) is 5.17 Å². The summed E-state index contributed by atoms with van der Waals surface area (Å²) in [6, 6.07) is 8.60. The fourth-order valence-electron chi connectivity index (χ4n) is 3.84. The molecule has 2 aromatic rings. The highest BCUT2D eigenvalue weighted by Gasteiger charge is 2.33. The van der Waals surface area contributed by atoms with Gasteiger partial charge in [-0.25, -0.2) is 9.18 Å². The van der Waals surface area contributed by atoms with Gasteiger partial charge in [0, 0.05) is 37.1 Å². The number of amides is 2. The number of rotatable bonds is 6. The summed E-state index contributed by atoms with van der Waals surface area (Å²) in [6.45, 7) is 2.63. The number of nitrogens with one attached hydrogen (secondary N) is 1. The third kappa shape index (κ3) is 5.65. The summed E-state index contributed by atoms with van der Waals surface area (Å²) < 4.78 is 25.2. The zero-order chi connectivity index (χ0) is 24.1. The molecule has 34 heavy (non-hydrogen) atoms. The van der Waals surface area contributed by atoms with Gasteiger partial charge in [0.15, 0.2) is 0 Å². The Hall–Kier alpha value is -3.18. The number of methoxy groups -OCH3 is 1. The summed E-state index contributed by atoms with van der Waals surface area (Å²) >= 11 is 6.49. The lowest BCUT2D eigenvalue weighted by atomic mass is 10.2. The smallest absolute Gasteiger partial charge is 0.414 e. The van der Waals surface area contributed by atoms with Crippen LogP contribution in [0, 0.1) is 5.82 Å². The number of anilines is 2. The lowest BCUT2D eigenvalue weighted by molar-refractivity contribution is -0.126. The molecule has 8 nitrogen and oxygen atoms in total. The van der Waals surface area contributed by atoms with Crippen molar-refractivity contribution in [2.24, 2.45) is 0 Å². The Morgan fingerprint density at radius 3 is 2.79 bits per heavy atom. The van der Waals surface area contributed by atoms with Crippen molar-refractivity contribution in [2.75, 3.05) is 56.2 Å². The molecule has 3 heterocycles. The molecule has 0 bridgehead atoms. The number of thiocarbonyl (C=S) groups is 1. The number of thiophene rings is 1. The molecule has 0 spiro atoms. The van der Waals surface area contributed by atoms with Crippen LogP contribution in [0.1, 0.15) is 4.88 Å². The molecule has 1 atom stereocenters. The number of cyclic esters (lactones) is 1. The second-order valence-corrected chi connectivity index (χ2v) is 9.14. The Bertz CT molecular complexity index is 1070. The fourth-order valence-corrected chi connectivity index (χ4v) is 4.54. The molecule has 1 aromatic heterocycles. The Morgan fingerprint density at radius 2 is 2.12 bits per heavy atom. The largest absolute Gasteiger partial charge is 0.474 e. The molecule has 4 rings (SSSR count). The summed E-state index contributed by atoms with van der Waals surface area (Å²) in [6.07, 6.45) is 2.43. The Morgan fingerprint density at radius 1 is 1.32 bits per heavy atom. The molecule has 0 saturated carbocycles. The molecule has 1 aromatic carbocycles. The van der Waals surface area contributed by atoms with E-state index in [0.717, 1.165) is 4.88 Å². The van der Waals surface area contributed by atoms with Gasteiger partial charge in [0.05, 0.1) is 31.6 Å². The van der Waals surface area contributed by atoms with Crippen LogP contribution in [0.3, 0.4) is 0 Å². The second-order valence-electron chi connectivity index (χ2n) is 7.79. The van der Waals surface area contributed by atoms with Crippen molar-refractivity contribution >= 4 is 58.2 Å². The zero-order valence-corrected chi connectivity index (χ0v) is 20.2. The lowest BCUT2D eigenvalue weighted by Gasteiger charge is -2.36. The normalized spacial score (nSPS) is 18.4. The quantitative estimate of drug-likeness (QED) is 0.479. The highest BCUT2D eigenvalue weighted by Crippen LogP contribution is 2.28. The van der Waals surface area contributed by atoms with Crippen LogP contribution in [-0.2, 0) is 14.3 Å². The van der Waals surface area contributed by atoms with E-state index in [1.165, 1.54) is 18.1 Å². The van der Waals surface area contributed by atoms with Crippen molar-refractivity contribution in [3.05, 3.63) is 52.5 Å². The van der Waals surface area contributed by atoms with Gasteiger partial charge in [-0.1, -0.05) is 6.07 Å². The minimum atomic E-state index is -0.537. The Kier molecular flexibility index (Phi) is 7.63. The average Bonchev–Trinajstić information content (AvgIpc) is 3.50. The molecule has 0 unspecified atom stereocenters. The van der Waals surface area contributed by atoms with Crippen LogP contribution >= 0.6 is 23.6 Å². The topological polar surface area (TPSA) is 74.4 Å². The van der Waals surface area contributed by atoms with E-state index in [-0.39, 0.29) is 17.6 Å². The van der Waals surface area contributed by atoms with Gasteiger partial charge >= 0.3 is 6.09 Å². The van der Waals surface area contributed by atoms with Crippen molar-refractivity contribution in [3.63, 3.8) is 0 Å². The summed E-state index contributed by atoms with van der Waals surface area (Å²) in [5, 5.41) is 5.02. The first-order chi connectivity index (χ1) is 16.4. The molecule has 2 aliphatic rings. The number of carbonyl (C=O) groups excluding carboxylic acids is 2. The molecule has 1 N–H and O–H groups in total. The van der Waals surface area contributed by atoms with Gasteiger partial charge in [0.1, 0.15) is 11.9 Å². The van der Waals surface area contributed by atoms with Crippen LogP contribution < -0.4 is 15.1 Å². The highest BCUT2D eigenvalue weighted by atomic mass is 32.1.